The van der Waals surface area contributed by atoms with Gasteiger partial charge < -0.3 is 9.30 Å². The third kappa shape index (κ3) is 4.14. The van der Waals surface area contributed by atoms with Gasteiger partial charge in [0.2, 0.25) is 0 Å². The van der Waals surface area contributed by atoms with Gasteiger partial charge in [-0.3, -0.25) is 0 Å². The molecule has 0 aliphatic rings. The monoisotopic (exact) mass is 466 g/mol. The maximum Gasteiger partial charge on any atom is 0.265 e. The highest BCUT2D eigenvalue weighted by molar-refractivity contribution is 9.10. The molecule has 0 spiro atoms. The van der Waals surface area contributed by atoms with Gasteiger partial charge in [-0.1, -0.05) is 48.0 Å². The van der Waals surface area contributed by atoms with Gasteiger partial charge in [-0.05, 0) is 37.1 Å². The number of hydrazone groups is 1. The first kappa shape index (κ1) is 20.3. The van der Waals surface area contributed by atoms with E-state index in [0.29, 0.717) is 12.6 Å². The molecule has 8 heteroatoms. The van der Waals surface area contributed by atoms with E-state index in [1.54, 1.807) is 6.21 Å². The fourth-order valence-corrected chi connectivity index (χ4v) is 3.70. The van der Waals surface area contributed by atoms with Crippen molar-refractivity contribution in [3.63, 3.8) is 0 Å². The van der Waals surface area contributed by atoms with Gasteiger partial charge in [-0.2, -0.15) is 10.1 Å². The minimum Gasteiger partial charge on any atom is -0.493 e. The van der Waals surface area contributed by atoms with Crippen LogP contribution in [0.2, 0.25) is 0 Å². The second-order valence-electron chi connectivity index (χ2n) is 6.88. The van der Waals surface area contributed by atoms with Crippen LogP contribution >= 0.6 is 15.9 Å². The summed E-state index contributed by atoms with van der Waals surface area (Å²) in [5, 5.41) is 14.0. The zero-order valence-electron chi connectivity index (χ0n) is 17.0. The van der Waals surface area contributed by atoms with Crippen molar-refractivity contribution in [3.8, 4) is 5.75 Å². The smallest absolute Gasteiger partial charge is 0.265 e. The first-order valence-corrected chi connectivity index (χ1v) is 10.8. The Balaban J connectivity index is 1.63. The van der Waals surface area contributed by atoms with Crippen molar-refractivity contribution in [1.29, 1.82) is 0 Å². The van der Waals surface area contributed by atoms with Gasteiger partial charge >= 0.3 is 0 Å². The molecule has 30 heavy (non-hydrogen) atoms. The van der Waals surface area contributed by atoms with Gasteiger partial charge in [0, 0.05) is 22.0 Å². The SMILES string of the molecule is CCCOc1ccc(Br)cc1/C=N/Nc1nnc2c3ccccc3n(CCC)c2n1. The van der Waals surface area contributed by atoms with Crippen LogP contribution < -0.4 is 10.2 Å². The Labute approximate surface area is 183 Å². The molecule has 0 atom stereocenters. The Bertz CT molecular complexity index is 1200. The Kier molecular flexibility index (Phi) is 6.23. The number of hydrogen-bond donors (Lipinski definition) is 1. The summed E-state index contributed by atoms with van der Waals surface area (Å²) < 4.78 is 8.93. The van der Waals surface area contributed by atoms with Crippen LogP contribution in [0.15, 0.2) is 52.0 Å². The topological polar surface area (TPSA) is 77.2 Å². The number of ether oxygens (including phenoxy) is 1. The Morgan fingerprint density at radius 2 is 2.00 bits per heavy atom. The Hall–Kier alpha value is -3.00. The molecule has 0 saturated heterocycles. The summed E-state index contributed by atoms with van der Waals surface area (Å²) >= 11 is 3.49. The molecular weight excluding hydrogens is 444 g/mol. The van der Waals surface area contributed by atoms with Crippen LogP contribution in [0.5, 0.6) is 5.75 Å². The van der Waals surface area contributed by atoms with E-state index < -0.39 is 0 Å². The second kappa shape index (κ2) is 9.21. The first-order chi connectivity index (χ1) is 14.7. The van der Waals surface area contributed by atoms with Crippen LogP contribution in [0.25, 0.3) is 22.1 Å². The largest absolute Gasteiger partial charge is 0.493 e. The standard InChI is InChI=1S/C22H23BrN6O/c1-3-11-29-18-8-6-5-7-17(18)20-21(29)25-22(28-26-20)27-24-14-15-13-16(23)9-10-19(15)30-12-4-2/h5-10,13-14H,3-4,11-12H2,1-2H3,(H,25,27,28)/b24-14+. The zero-order chi connectivity index (χ0) is 20.9. The molecule has 0 saturated carbocycles. The molecule has 0 fully saturated rings. The molecule has 4 aromatic rings. The molecule has 0 aliphatic heterocycles. The van der Waals surface area contributed by atoms with Gasteiger partial charge in [-0.15, -0.1) is 10.2 Å². The lowest BCUT2D eigenvalue weighted by atomic mass is 10.2. The van der Waals surface area contributed by atoms with Crippen molar-refractivity contribution in [2.45, 2.75) is 33.2 Å². The van der Waals surface area contributed by atoms with Crippen LogP contribution in [0.4, 0.5) is 5.95 Å². The number of anilines is 1. The van der Waals surface area contributed by atoms with Crippen LogP contribution in [-0.2, 0) is 6.54 Å². The summed E-state index contributed by atoms with van der Waals surface area (Å²) in [6.45, 7) is 5.74. The zero-order valence-corrected chi connectivity index (χ0v) is 18.6. The number of benzene rings is 2. The maximum absolute atomic E-state index is 5.79. The Morgan fingerprint density at radius 3 is 2.83 bits per heavy atom. The maximum atomic E-state index is 5.79. The highest BCUT2D eigenvalue weighted by Crippen LogP contribution is 2.26. The van der Waals surface area contributed by atoms with Crippen LogP contribution in [0.1, 0.15) is 32.3 Å². The molecule has 2 aromatic heterocycles. The van der Waals surface area contributed by atoms with E-state index in [-0.39, 0.29) is 0 Å². The van der Waals surface area contributed by atoms with E-state index in [4.69, 9.17) is 4.74 Å². The van der Waals surface area contributed by atoms with E-state index in [1.807, 2.05) is 30.3 Å². The van der Waals surface area contributed by atoms with Gasteiger partial charge in [0.1, 0.15) is 11.3 Å². The van der Waals surface area contributed by atoms with Crippen LogP contribution in [-0.4, -0.2) is 32.6 Å². The predicted octanol–water partition coefficient (Wildman–Crippen LogP) is 5.39. The lowest BCUT2D eigenvalue weighted by Gasteiger charge is -2.08. The molecular formula is C22H23BrN6O. The molecule has 7 nitrogen and oxygen atoms in total. The van der Waals surface area contributed by atoms with Crippen molar-refractivity contribution in [2.24, 2.45) is 5.10 Å². The number of para-hydroxylation sites is 1. The van der Waals surface area contributed by atoms with Crippen molar-refractivity contribution >= 4 is 50.2 Å². The average molecular weight is 467 g/mol. The number of nitrogens with one attached hydrogen (secondary N) is 1. The quantitative estimate of drug-likeness (QED) is 0.278. The average Bonchev–Trinajstić information content (AvgIpc) is 3.07. The molecule has 0 bridgehead atoms. The van der Waals surface area contributed by atoms with E-state index >= 15 is 0 Å². The number of nitrogens with zero attached hydrogens (tertiary/aromatic N) is 5. The van der Waals surface area contributed by atoms with Crippen molar-refractivity contribution in [2.75, 3.05) is 12.0 Å². The lowest BCUT2D eigenvalue weighted by Crippen LogP contribution is -2.03. The molecule has 0 amide bonds. The van der Waals surface area contributed by atoms with Crippen molar-refractivity contribution in [1.82, 2.24) is 19.7 Å². The van der Waals surface area contributed by atoms with Crippen LogP contribution in [0, 0.1) is 0 Å². The number of aromatic nitrogens is 4. The summed E-state index contributed by atoms with van der Waals surface area (Å²) in [5.74, 6) is 1.13. The number of aryl methyl sites for hydroxylation is 1. The second-order valence-corrected chi connectivity index (χ2v) is 7.79. The van der Waals surface area contributed by atoms with E-state index in [9.17, 15) is 0 Å². The fourth-order valence-electron chi connectivity index (χ4n) is 3.32. The highest BCUT2D eigenvalue weighted by Gasteiger charge is 2.13. The van der Waals surface area contributed by atoms with Gasteiger partial charge in [-0.25, -0.2) is 5.43 Å². The van der Waals surface area contributed by atoms with E-state index in [2.05, 4.69) is 72.2 Å². The summed E-state index contributed by atoms with van der Waals surface area (Å²) in [6.07, 6.45) is 3.64. The van der Waals surface area contributed by atoms with Gasteiger partial charge in [0.05, 0.1) is 18.3 Å². The van der Waals surface area contributed by atoms with Gasteiger partial charge in [0.15, 0.2) is 5.65 Å². The number of halogens is 1. The van der Waals surface area contributed by atoms with E-state index in [0.717, 1.165) is 57.2 Å². The molecule has 1 N–H and O–H groups in total. The molecule has 0 aliphatic carbocycles. The summed E-state index contributed by atoms with van der Waals surface area (Å²) in [4.78, 5) is 4.68. The molecule has 2 heterocycles. The fraction of sp³-hybridized carbons (Fsp3) is 0.273. The van der Waals surface area contributed by atoms with Crippen molar-refractivity contribution in [3.05, 3.63) is 52.5 Å². The minimum atomic E-state index is 0.352. The normalized spacial score (nSPS) is 11.6. The van der Waals surface area contributed by atoms with Crippen molar-refractivity contribution < 1.29 is 4.74 Å². The van der Waals surface area contributed by atoms with Crippen LogP contribution in [0.3, 0.4) is 0 Å². The summed E-state index contributed by atoms with van der Waals surface area (Å²) in [5.41, 5.74) is 6.48. The third-order valence-electron chi connectivity index (χ3n) is 4.62. The molecule has 154 valence electrons. The minimum absolute atomic E-state index is 0.352. The molecule has 2 aromatic carbocycles. The first-order valence-electron chi connectivity index (χ1n) is 10.0. The third-order valence-corrected chi connectivity index (χ3v) is 5.12. The summed E-state index contributed by atoms with van der Waals surface area (Å²) in [6, 6.07) is 14.0. The number of rotatable bonds is 8. The van der Waals surface area contributed by atoms with E-state index in [1.165, 1.54) is 0 Å². The molecule has 0 unspecified atom stereocenters. The lowest BCUT2D eigenvalue weighted by molar-refractivity contribution is 0.317. The summed E-state index contributed by atoms with van der Waals surface area (Å²) in [7, 11) is 0. The molecule has 0 radical (unpaired) electrons. The highest BCUT2D eigenvalue weighted by atomic mass is 79.9. The van der Waals surface area contributed by atoms with Gasteiger partial charge in [0.25, 0.3) is 5.95 Å². The number of hydrogen-bond acceptors (Lipinski definition) is 6. The Morgan fingerprint density at radius 1 is 1.13 bits per heavy atom. The number of fused-ring (bicyclic) bond motifs is 3. The predicted molar refractivity (Wildman–Crippen MR) is 124 cm³/mol. The molecule has 4 rings (SSSR count).